The van der Waals surface area contributed by atoms with Gasteiger partial charge in [0.1, 0.15) is 18.1 Å². The van der Waals surface area contributed by atoms with Crippen LogP contribution in [-0.4, -0.2) is 7.11 Å². The lowest BCUT2D eigenvalue weighted by Gasteiger charge is -2.11. The molecule has 2 aromatic carbocycles. The van der Waals surface area contributed by atoms with Gasteiger partial charge in [0.15, 0.2) is 0 Å². The second-order valence-electron chi connectivity index (χ2n) is 4.02. The molecule has 0 aromatic heterocycles. The van der Waals surface area contributed by atoms with Gasteiger partial charge in [0, 0.05) is 22.0 Å². The first-order valence-corrected chi connectivity index (χ1v) is 7.33. The molecule has 0 heterocycles. The Balaban J connectivity index is 2.11. The molecule has 0 fully saturated rings. The van der Waals surface area contributed by atoms with Crippen molar-refractivity contribution in [1.29, 1.82) is 0 Å². The molecule has 0 radical (unpaired) electrons. The summed E-state index contributed by atoms with van der Waals surface area (Å²) in [7, 11) is 1.64. The molecule has 0 saturated heterocycles. The average molecular weight is 342 g/mol. The van der Waals surface area contributed by atoms with Crippen LogP contribution in [0, 0.1) is 0 Å². The van der Waals surface area contributed by atoms with E-state index in [1.165, 1.54) is 0 Å². The second-order valence-corrected chi connectivity index (χ2v) is 5.02. The molecule has 0 aliphatic carbocycles. The topological polar surface area (TPSA) is 18.5 Å². The number of ether oxygens (including phenoxy) is 2. The minimum atomic E-state index is 0.504. The molecule has 0 atom stereocenters. The zero-order chi connectivity index (χ0) is 13.7. The van der Waals surface area contributed by atoms with Crippen LogP contribution in [0.15, 0.2) is 42.5 Å². The number of benzene rings is 2. The van der Waals surface area contributed by atoms with Gasteiger partial charge >= 0.3 is 0 Å². The minimum absolute atomic E-state index is 0.504. The summed E-state index contributed by atoms with van der Waals surface area (Å²) >= 11 is 9.30. The van der Waals surface area contributed by atoms with Gasteiger partial charge < -0.3 is 9.47 Å². The molecule has 100 valence electrons. The summed E-state index contributed by atoms with van der Waals surface area (Å²) in [6.07, 6.45) is 0. The fourth-order valence-electron chi connectivity index (χ4n) is 1.65. The van der Waals surface area contributed by atoms with Crippen LogP contribution in [0.2, 0.25) is 5.02 Å². The van der Waals surface area contributed by atoms with Gasteiger partial charge in [-0.1, -0.05) is 45.7 Å². The third-order valence-electron chi connectivity index (χ3n) is 2.73. The number of hydrogen-bond donors (Lipinski definition) is 0. The van der Waals surface area contributed by atoms with Crippen molar-refractivity contribution in [3.8, 4) is 11.5 Å². The van der Waals surface area contributed by atoms with Crippen molar-refractivity contribution >= 4 is 27.5 Å². The lowest BCUT2D eigenvalue weighted by molar-refractivity contribution is 0.301. The summed E-state index contributed by atoms with van der Waals surface area (Å²) in [4.78, 5) is 0. The van der Waals surface area contributed by atoms with Crippen LogP contribution < -0.4 is 9.47 Å². The molecule has 2 rings (SSSR count). The fraction of sp³-hybridized carbons (Fsp3) is 0.200. The van der Waals surface area contributed by atoms with Crippen molar-refractivity contribution in [2.75, 3.05) is 7.11 Å². The van der Waals surface area contributed by atoms with Gasteiger partial charge in [-0.15, -0.1) is 0 Å². The maximum absolute atomic E-state index is 5.85. The van der Waals surface area contributed by atoms with Crippen LogP contribution in [0.3, 0.4) is 0 Å². The summed E-state index contributed by atoms with van der Waals surface area (Å²) < 4.78 is 11.1. The molecule has 0 N–H and O–H groups in total. The van der Waals surface area contributed by atoms with E-state index in [1.807, 2.05) is 42.5 Å². The Hall–Kier alpha value is -1.19. The normalized spacial score (nSPS) is 10.3. The highest BCUT2D eigenvalue weighted by molar-refractivity contribution is 9.08. The molecule has 4 heteroatoms. The summed E-state index contributed by atoms with van der Waals surface area (Å²) in [6, 6.07) is 13.4. The zero-order valence-electron chi connectivity index (χ0n) is 10.5. The first kappa shape index (κ1) is 14.2. The molecule has 0 aliphatic heterocycles. The van der Waals surface area contributed by atoms with Gasteiger partial charge in [-0.25, -0.2) is 0 Å². The highest BCUT2D eigenvalue weighted by atomic mass is 79.9. The van der Waals surface area contributed by atoms with Gasteiger partial charge in [-0.05, 0) is 23.8 Å². The Morgan fingerprint density at radius 2 is 1.84 bits per heavy atom. The van der Waals surface area contributed by atoms with E-state index in [0.29, 0.717) is 6.61 Å². The Labute approximate surface area is 126 Å². The van der Waals surface area contributed by atoms with E-state index >= 15 is 0 Å². The molecular weight excluding hydrogens is 328 g/mol. The molecule has 0 bridgehead atoms. The quantitative estimate of drug-likeness (QED) is 0.726. The Morgan fingerprint density at radius 1 is 1.11 bits per heavy atom. The molecule has 19 heavy (non-hydrogen) atoms. The largest absolute Gasteiger partial charge is 0.497 e. The second kappa shape index (κ2) is 6.83. The van der Waals surface area contributed by atoms with E-state index in [1.54, 1.807) is 7.11 Å². The van der Waals surface area contributed by atoms with Crippen LogP contribution >= 0.6 is 27.5 Å². The molecule has 2 nitrogen and oxygen atoms in total. The minimum Gasteiger partial charge on any atom is -0.497 e. The molecule has 2 aromatic rings. The van der Waals surface area contributed by atoms with Crippen molar-refractivity contribution in [2.45, 2.75) is 11.9 Å². The number of halogens is 2. The predicted octanol–water partition coefficient (Wildman–Crippen LogP) is 4.82. The number of rotatable bonds is 5. The van der Waals surface area contributed by atoms with E-state index < -0.39 is 0 Å². The molecular formula is C15H14BrClO2. The third kappa shape index (κ3) is 3.88. The maximum Gasteiger partial charge on any atom is 0.127 e. The highest BCUT2D eigenvalue weighted by Gasteiger charge is 2.05. The Morgan fingerprint density at radius 3 is 2.47 bits per heavy atom. The summed E-state index contributed by atoms with van der Waals surface area (Å²) in [5, 5.41) is 1.47. The van der Waals surface area contributed by atoms with Crippen LogP contribution in [0.5, 0.6) is 11.5 Å². The third-order valence-corrected chi connectivity index (χ3v) is 3.58. The molecule has 0 unspecified atom stereocenters. The number of methoxy groups -OCH3 is 1. The van der Waals surface area contributed by atoms with Crippen LogP contribution in [-0.2, 0) is 11.9 Å². The van der Waals surface area contributed by atoms with Gasteiger partial charge in [0.05, 0.1) is 7.11 Å². The van der Waals surface area contributed by atoms with Crippen LogP contribution in [0.4, 0.5) is 0 Å². The van der Waals surface area contributed by atoms with E-state index in [-0.39, 0.29) is 0 Å². The smallest absolute Gasteiger partial charge is 0.127 e. The van der Waals surface area contributed by atoms with Crippen molar-refractivity contribution in [1.82, 2.24) is 0 Å². The Bertz CT molecular complexity index is 540. The van der Waals surface area contributed by atoms with Gasteiger partial charge in [-0.3, -0.25) is 0 Å². The summed E-state index contributed by atoms with van der Waals surface area (Å²) in [5.74, 6) is 1.61. The van der Waals surface area contributed by atoms with E-state index in [0.717, 1.165) is 33.0 Å². The lowest BCUT2D eigenvalue weighted by atomic mass is 10.2. The molecule has 0 aliphatic rings. The monoisotopic (exact) mass is 340 g/mol. The van der Waals surface area contributed by atoms with Gasteiger partial charge in [0.2, 0.25) is 0 Å². The highest BCUT2D eigenvalue weighted by Crippen LogP contribution is 2.27. The molecule has 0 spiro atoms. The van der Waals surface area contributed by atoms with Crippen molar-refractivity contribution in [3.05, 3.63) is 58.6 Å². The van der Waals surface area contributed by atoms with E-state index in [2.05, 4.69) is 15.9 Å². The lowest BCUT2D eigenvalue weighted by Crippen LogP contribution is -1.98. The van der Waals surface area contributed by atoms with Gasteiger partial charge in [-0.2, -0.15) is 0 Å². The van der Waals surface area contributed by atoms with E-state index in [4.69, 9.17) is 21.1 Å². The first-order valence-electron chi connectivity index (χ1n) is 5.83. The van der Waals surface area contributed by atoms with Crippen molar-refractivity contribution < 1.29 is 9.47 Å². The maximum atomic E-state index is 5.85. The predicted molar refractivity (Wildman–Crippen MR) is 81.4 cm³/mol. The summed E-state index contributed by atoms with van der Waals surface area (Å²) in [5.41, 5.74) is 2.17. The molecule has 0 saturated carbocycles. The fourth-order valence-corrected chi connectivity index (χ4v) is 2.24. The number of alkyl halides is 1. The average Bonchev–Trinajstić information content (AvgIpc) is 2.46. The van der Waals surface area contributed by atoms with Crippen molar-refractivity contribution in [2.24, 2.45) is 0 Å². The standard InChI is InChI=1S/C15H14BrClO2/c1-18-14-7-4-12(9-16)15(8-14)19-10-11-2-5-13(17)6-3-11/h2-8H,9-10H2,1H3. The SMILES string of the molecule is COc1ccc(CBr)c(OCc2ccc(Cl)cc2)c1. The van der Waals surface area contributed by atoms with Crippen LogP contribution in [0.25, 0.3) is 0 Å². The van der Waals surface area contributed by atoms with Gasteiger partial charge in [0.25, 0.3) is 0 Å². The van der Waals surface area contributed by atoms with E-state index in [9.17, 15) is 0 Å². The van der Waals surface area contributed by atoms with Crippen LogP contribution in [0.1, 0.15) is 11.1 Å². The first-order chi connectivity index (χ1) is 9.22. The zero-order valence-corrected chi connectivity index (χ0v) is 12.9. The Kier molecular flexibility index (Phi) is 5.11. The van der Waals surface area contributed by atoms with Crippen molar-refractivity contribution in [3.63, 3.8) is 0 Å². The number of hydrogen-bond acceptors (Lipinski definition) is 2. The molecule has 0 amide bonds. The summed E-state index contributed by atoms with van der Waals surface area (Å²) in [6.45, 7) is 0.504.